The van der Waals surface area contributed by atoms with Gasteiger partial charge in [0.1, 0.15) is 0 Å². The Kier molecular flexibility index (Phi) is 6.99. The maximum atomic E-state index is 13.4. The highest BCUT2D eigenvalue weighted by Gasteiger charge is 2.31. The lowest BCUT2D eigenvalue weighted by Crippen LogP contribution is -2.39. The predicted octanol–water partition coefficient (Wildman–Crippen LogP) is 1.93. The van der Waals surface area contributed by atoms with Crippen molar-refractivity contribution >= 4 is 32.7 Å². The number of nitrogens with one attached hydrogen (secondary N) is 1. The van der Waals surface area contributed by atoms with E-state index in [0.29, 0.717) is 25.2 Å². The number of fused-ring (bicyclic) bond motifs is 1. The normalized spacial score (nSPS) is 18.9. The van der Waals surface area contributed by atoms with Crippen LogP contribution < -0.4 is 5.32 Å². The molecule has 1 unspecified atom stereocenters. The Bertz CT molecular complexity index is 1290. The second-order valence-electron chi connectivity index (χ2n) is 8.49. The Balaban J connectivity index is 1.61. The van der Waals surface area contributed by atoms with Crippen molar-refractivity contribution in [3.63, 3.8) is 0 Å². The average Bonchev–Trinajstić information content (AvgIpc) is 3.13. The molecule has 10 heteroatoms. The molecule has 0 aliphatic carbocycles. The molecule has 2 aromatic carbocycles. The number of carbonyl (C=O) groups excluding carboxylic acids is 2. The number of nitrogens with zero attached hydrogens (tertiary/aromatic N) is 4. The van der Waals surface area contributed by atoms with E-state index in [2.05, 4.69) is 10.4 Å². The molecule has 9 nitrogen and oxygen atoms in total. The number of carbonyl (C=O) groups is 2. The van der Waals surface area contributed by atoms with Gasteiger partial charge in [0.15, 0.2) is 5.69 Å². The quantitative estimate of drug-likeness (QED) is 0.613. The first-order valence-electron chi connectivity index (χ1n) is 11.2. The van der Waals surface area contributed by atoms with E-state index in [4.69, 9.17) is 0 Å². The molecule has 1 aliphatic heterocycles. The second kappa shape index (κ2) is 9.94. The minimum absolute atomic E-state index is 0.00983. The van der Waals surface area contributed by atoms with Gasteiger partial charge in [-0.1, -0.05) is 48.5 Å². The lowest BCUT2D eigenvalue weighted by molar-refractivity contribution is -0.122. The number of hydrogen-bond donors (Lipinski definition) is 1. The highest BCUT2D eigenvalue weighted by Crippen LogP contribution is 2.27. The van der Waals surface area contributed by atoms with E-state index >= 15 is 0 Å². The number of benzene rings is 2. The Labute approximate surface area is 199 Å². The molecule has 3 aromatic rings. The molecule has 1 N–H and O–H groups in total. The first-order chi connectivity index (χ1) is 16.3. The van der Waals surface area contributed by atoms with Crippen molar-refractivity contribution < 1.29 is 18.0 Å². The fourth-order valence-corrected chi connectivity index (χ4v) is 5.57. The van der Waals surface area contributed by atoms with E-state index < -0.39 is 16.1 Å². The van der Waals surface area contributed by atoms with E-state index in [0.717, 1.165) is 22.7 Å². The third kappa shape index (κ3) is 5.13. The van der Waals surface area contributed by atoms with Crippen molar-refractivity contribution in [1.29, 1.82) is 0 Å². The van der Waals surface area contributed by atoms with Gasteiger partial charge in [-0.05, 0) is 18.1 Å². The zero-order valence-corrected chi connectivity index (χ0v) is 20.2. The molecule has 0 spiro atoms. The molecule has 1 aromatic heterocycles. The summed E-state index contributed by atoms with van der Waals surface area (Å²) in [6.45, 7) is 1.12. The SMILES string of the molecule is Cn1nc(C(=O)N2CCCN(S(C)(=O)=O)C(c3ccccc3)CC(=O)NCC2)c2ccccc21. The van der Waals surface area contributed by atoms with E-state index in [1.165, 1.54) is 4.31 Å². The van der Waals surface area contributed by atoms with Crippen LogP contribution >= 0.6 is 0 Å². The van der Waals surface area contributed by atoms with Crippen molar-refractivity contribution in [2.24, 2.45) is 7.05 Å². The van der Waals surface area contributed by atoms with Gasteiger partial charge >= 0.3 is 0 Å². The predicted molar refractivity (Wildman–Crippen MR) is 130 cm³/mol. The molecule has 1 saturated heterocycles. The van der Waals surface area contributed by atoms with Crippen LogP contribution in [0.15, 0.2) is 54.6 Å². The molecule has 1 aliphatic rings. The average molecular weight is 484 g/mol. The van der Waals surface area contributed by atoms with Gasteiger partial charge in [0.05, 0.1) is 17.8 Å². The summed E-state index contributed by atoms with van der Waals surface area (Å²) in [7, 11) is -1.82. The molecule has 180 valence electrons. The minimum Gasteiger partial charge on any atom is -0.354 e. The molecule has 1 fully saturated rings. The van der Waals surface area contributed by atoms with Gasteiger partial charge in [0, 0.05) is 45.0 Å². The van der Waals surface area contributed by atoms with Crippen LogP contribution in [0.3, 0.4) is 0 Å². The number of aromatic nitrogens is 2. The number of sulfonamides is 1. The summed E-state index contributed by atoms with van der Waals surface area (Å²) >= 11 is 0. The standard InChI is InChI=1S/C24H29N5O4S/c1-27-20-12-7-6-11-19(20)23(26-27)24(31)28-14-8-15-29(34(2,32)33)21(17-22(30)25-13-16-28)18-9-4-3-5-10-18/h3-7,9-12,21H,8,13-17H2,1-2H3,(H,25,30). The van der Waals surface area contributed by atoms with Crippen molar-refractivity contribution in [3.8, 4) is 0 Å². The van der Waals surface area contributed by atoms with E-state index in [1.807, 2.05) is 54.6 Å². The fraction of sp³-hybridized carbons (Fsp3) is 0.375. The van der Waals surface area contributed by atoms with Gasteiger partial charge in [0.25, 0.3) is 5.91 Å². The maximum absolute atomic E-state index is 13.4. The zero-order valence-electron chi connectivity index (χ0n) is 19.3. The molecule has 0 bridgehead atoms. The van der Waals surface area contributed by atoms with Crippen LogP contribution in [0.1, 0.15) is 34.9 Å². The summed E-state index contributed by atoms with van der Waals surface area (Å²) in [5.41, 5.74) is 1.96. The molecule has 0 saturated carbocycles. The van der Waals surface area contributed by atoms with Crippen molar-refractivity contribution in [3.05, 3.63) is 65.9 Å². The first kappa shape index (κ1) is 23.9. The third-order valence-electron chi connectivity index (χ3n) is 6.09. The Morgan fingerprint density at radius 3 is 2.47 bits per heavy atom. The van der Waals surface area contributed by atoms with Crippen molar-refractivity contribution in [1.82, 2.24) is 24.3 Å². The highest BCUT2D eigenvalue weighted by molar-refractivity contribution is 7.88. The smallest absolute Gasteiger partial charge is 0.275 e. The molecule has 1 atom stereocenters. The lowest BCUT2D eigenvalue weighted by Gasteiger charge is -2.30. The molecule has 4 rings (SSSR count). The number of aryl methyl sites for hydroxylation is 1. The maximum Gasteiger partial charge on any atom is 0.275 e. The third-order valence-corrected chi connectivity index (χ3v) is 7.38. The van der Waals surface area contributed by atoms with Crippen LogP contribution in [0.4, 0.5) is 0 Å². The largest absolute Gasteiger partial charge is 0.354 e. The molecular weight excluding hydrogens is 454 g/mol. The fourth-order valence-electron chi connectivity index (χ4n) is 4.45. The van der Waals surface area contributed by atoms with Crippen LogP contribution in [0.25, 0.3) is 10.9 Å². The molecule has 2 amide bonds. The van der Waals surface area contributed by atoms with Crippen LogP contribution in [-0.2, 0) is 21.9 Å². The Hall–Kier alpha value is -3.24. The summed E-state index contributed by atoms with van der Waals surface area (Å²) < 4.78 is 28.5. The van der Waals surface area contributed by atoms with Gasteiger partial charge in [-0.15, -0.1) is 0 Å². The van der Waals surface area contributed by atoms with Crippen LogP contribution in [-0.4, -0.2) is 71.7 Å². The number of amides is 2. The van der Waals surface area contributed by atoms with Crippen LogP contribution in [0, 0.1) is 0 Å². The van der Waals surface area contributed by atoms with Crippen LogP contribution in [0.5, 0.6) is 0 Å². The zero-order chi connectivity index (χ0) is 24.3. The van der Waals surface area contributed by atoms with Gasteiger partial charge in [-0.25, -0.2) is 8.42 Å². The van der Waals surface area contributed by atoms with E-state index in [-0.39, 0.29) is 31.3 Å². The van der Waals surface area contributed by atoms with Crippen molar-refractivity contribution in [2.75, 3.05) is 32.4 Å². The van der Waals surface area contributed by atoms with Gasteiger partial charge in [0.2, 0.25) is 15.9 Å². The second-order valence-corrected chi connectivity index (χ2v) is 10.4. The summed E-state index contributed by atoms with van der Waals surface area (Å²) in [5, 5.41) is 8.04. The Morgan fingerprint density at radius 1 is 1.03 bits per heavy atom. The summed E-state index contributed by atoms with van der Waals surface area (Å²) in [6.07, 6.45) is 1.60. The summed E-state index contributed by atoms with van der Waals surface area (Å²) in [6, 6.07) is 16.1. The molecule has 0 radical (unpaired) electrons. The summed E-state index contributed by atoms with van der Waals surface area (Å²) in [5.74, 6) is -0.504. The number of para-hydroxylation sites is 1. The van der Waals surface area contributed by atoms with E-state index in [1.54, 1.807) is 16.6 Å². The molecule has 34 heavy (non-hydrogen) atoms. The molecular formula is C24H29N5O4S. The van der Waals surface area contributed by atoms with E-state index in [9.17, 15) is 18.0 Å². The number of hydrogen-bond acceptors (Lipinski definition) is 5. The monoisotopic (exact) mass is 483 g/mol. The topological polar surface area (TPSA) is 105 Å². The highest BCUT2D eigenvalue weighted by atomic mass is 32.2. The van der Waals surface area contributed by atoms with Gasteiger partial charge in [-0.3, -0.25) is 14.3 Å². The van der Waals surface area contributed by atoms with Crippen molar-refractivity contribution in [2.45, 2.75) is 18.9 Å². The minimum atomic E-state index is -3.61. The van der Waals surface area contributed by atoms with Gasteiger partial charge < -0.3 is 10.2 Å². The first-order valence-corrected chi connectivity index (χ1v) is 13.1. The Morgan fingerprint density at radius 2 is 1.74 bits per heavy atom. The van der Waals surface area contributed by atoms with Gasteiger partial charge in [-0.2, -0.15) is 9.40 Å². The number of rotatable bonds is 3. The lowest BCUT2D eigenvalue weighted by atomic mass is 10.0. The summed E-state index contributed by atoms with van der Waals surface area (Å²) in [4.78, 5) is 27.8. The molecule has 2 heterocycles. The van der Waals surface area contributed by atoms with Crippen LogP contribution in [0.2, 0.25) is 0 Å².